The van der Waals surface area contributed by atoms with Crippen LogP contribution in [0.3, 0.4) is 0 Å². The monoisotopic (exact) mass is 314 g/mol. The Morgan fingerprint density at radius 1 is 1.05 bits per heavy atom. The number of carbonyl (C=O) groups is 1. The van der Waals surface area contributed by atoms with Gasteiger partial charge in [0.1, 0.15) is 0 Å². The van der Waals surface area contributed by atoms with E-state index in [1.54, 1.807) is 0 Å². The molecule has 0 fully saturated rings. The number of nitrogens with zero attached hydrogens (tertiary/aromatic N) is 1. The molecule has 124 valence electrons. The summed E-state index contributed by atoms with van der Waals surface area (Å²) in [7, 11) is 0. The fraction of sp³-hybridized carbons (Fsp3) is 0.882. The average Bonchev–Trinajstić information content (AvgIpc) is 2.39. The van der Waals surface area contributed by atoms with Crippen LogP contribution in [-0.4, -0.2) is 28.9 Å². The standard InChI is InChI=1S/C17H34N2OS/c1-7-17(8-2,15(18)21)16(20)19(11-9-13(3)4)12-10-14(5)6/h13-14H,7-12H2,1-6H3,(H2,18,21). The van der Waals surface area contributed by atoms with Crippen molar-refractivity contribution in [2.75, 3.05) is 13.1 Å². The maximum absolute atomic E-state index is 13.1. The van der Waals surface area contributed by atoms with Crippen LogP contribution < -0.4 is 5.73 Å². The van der Waals surface area contributed by atoms with Gasteiger partial charge in [0.25, 0.3) is 0 Å². The van der Waals surface area contributed by atoms with Gasteiger partial charge in [-0.2, -0.15) is 0 Å². The Balaban J connectivity index is 5.17. The van der Waals surface area contributed by atoms with E-state index in [-0.39, 0.29) is 5.91 Å². The van der Waals surface area contributed by atoms with Crippen LogP contribution in [0.15, 0.2) is 0 Å². The lowest BCUT2D eigenvalue weighted by Gasteiger charge is -2.36. The third-order valence-corrected chi connectivity index (χ3v) is 4.72. The number of carbonyl (C=O) groups excluding carboxylic acids is 1. The van der Waals surface area contributed by atoms with Gasteiger partial charge in [-0.15, -0.1) is 0 Å². The summed E-state index contributed by atoms with van der Waals surface area (Å²) in [4.78, 5) is 15.4. The lowest BCUT2D eigenvalue weighted by atomic mass is 9.80. The Morgan fingerprint density at radius 2 is 1.43 bits per heavy atom. The van der Waals surface area contributed by atoms with Crippen molar-refractivity contribution in [3.8, 4) is 0 Å². The van der Waals surface area contributed by atoms with Crippen LogP contribution >= 0.6 is 12.2 Å². The molecule has 0 aliphatic rings. The van der Waals surface area contributed by atoms with Gasteiger partial charge in [-0.1, -0.05) is 53.8 Å². The van der Waals surface area contributed by atoms with Gasteiger partial charge < -0.3 is 10.6 Å². The zero-order valence-electron chi connectivity index (χ0n) is 14.7. The van der Waals surface area contributed by atoms with Crippen molar-refractivity contribution in [1.29, 1.82) is 0 Å². The second-order valence-corrected chi connectivity index (χ2v) is 7.25. The molecule has 0 radical (unpaired) electrons. The van der Waals surface area contributed by atoms with E-state index in [4.69, 9.17) is 18.0 Å². The molecule has 0 aromatic rings. The van der Waals surface area contributed by atoms with Crippen LogP contribution in [0.5, 0.6) is 0 Å². The molecule has 0 aliphatic heterocycles. The lowest BCUT2D eigenvalue weighted by Crippen LogP contribution is -2.50. The molecule has 1 amide bonds. The second-order valence-electron chi connectivity index (χ2n) is 6.81. The highest BCUT2D eigenvalue weighted by molar-refractivity contribution is 7.80. The van der Waals surface area contributed by atoms with Crippen molar-refractivity contribution in [3.05, 3.63) is 0 Å². The van der Waals surface area contributed by atoms with Crippen molar-refractivity contribution >= 4 is 23.1 Å². The number of amides is 1. The topological polar surface area (TPSA) is 46.3 Å². The van der Waals surface area contributed by atoms with Crippen LogP contribution in [0, 0.1) is 17.3 Å². The number of rotatable bonds is 10. The Bertz CT molecular complexity index is 324. The summed E-state index contributed by atoms with van der Waals surface area (Å²) in [6.45, 7) is 14.3. The van der Waals surface area contributed by atoms with E-state index in [0.717, 1.165) is 25.9 Å². The molecule has 0 aliphatic carbocycles. The highest BCUT2D eigenvalue weighted by Gasteiger charge is 2.40. The summed E-state index contributed by atoms with van der Waals surface area (Å²) in [5.74, 6) is 1.30. The molecule has 0 saturated heterocycles. The predicted molar refractivity (Wildman–Crippen MR) is 95.3 cm³/mol. The van der Waals surface area contributed by atoms with Crippen LogP contribution in [-0.2, 0) is 4.79 Å². The Morgan fingerprint density at radius 3 is 1.67 bits per heavy atom. The van der Waals surface area contributed by atoms with Crippen LogP contribution in [0.2, 0.25) is 0 Å². The third-order valence-electron chi connectivity index (χ3n) is 4.33. The molecule has 0 heterocycles. The fourth-order valence-corrected chi connectivity index (χ4v) is 2.83. The molecule has 0 saturated carbocycles. The van der Waals surface area contributed by atoms with Crippen molar-refractivity contribution in [2.24, 2.45) is 23.0 Å². The minimum atomic E-state index is -0.663. The van der Waals surface area contributed by atoms with E-state index in [1.807, 2.05) is 18.7 Å². The van der Waals surface area contributed by atoms with Crippen molar-refractivity contribution in [2.45, 2.75) is 67.2 Å². The number of hydrogen-bond donors (Lipinski definition) is 1. The van der Waals surface area contributed by atoms with E-state index >= 15 is 0 Å². The van der Waals surface area contributed by atoms with Gasteiger partial charge in [-0.3, -0.25) is 4.79 Å². The molecule has 0 rings (SSSR count). The largest absolute Gasteiger partial charge is 0.392 e. The lowest BCUT2D eigenvalue weighted by molar-refractivity contribution is -0.139. The van der Waals surface area contributed by atoms with Crippen molar-refractivity contribution < 1.29 is 4.79 Å². The number of nitrogens with two attached hydrogens (primary N) is 1. The van der Waals surface area contributed by atoms with Crippen LogP contribution in [0.25, 0.3) is 0 Å². The van der Waals surface area contributed by atoms with E-state index in [0.29, 0.717) is 29.7 Å². The Kier molecular flexibility index (Phi) is 9.11. The molecule has 2 N–H and O–H groups in total. The molecule has 4 heteroatoms. The summed E-state index contributed by atoms with van der Waals surface area (Å²) in [6.07, 6.45) is 3.39. The summed E-state index contributed by atoms with van der Waals surface area (Å²) in [5, 5.41) is 0. The second kappa shape index (κ2) is 9.39. The average molecular weight is 315 g/mol. The van der Waals surface area contributed by atoms with Gasteiger partial charge in [-0.25, -0.2) is 0 Å². The maximum atomic E-state index is 13.1. The number of hydrogen-bond acceptors (Lipinski definition) is 2. The summed E-state index contributed by atoms with van der Waals surface area (Å²) < 4.78 is 0. The Hall–Kier alpha value is -0.640. The van der Waals surface area contributed by atoms with E-state index < -0.39 is 5.41 Å². The zero-order chi connectivity index (χ0) is 16.6. The van der Waals surface area contributed by atoms with Gasteiger partial charge in [0.2, 0.25) is 5.91 Å². The molecule has 0 aromatic heterocycles. The molecular weight excluding hydrogens is 280 g/mol. The van der Waals surface area contributed by atoms with Gasteiger partial charge in [-0.05, 0) is 37.5 Å². The maximum Gasteiger partial charge on any atom is 0.235 e. The smallest absolute Gasteiger partial charge is 0.235 e. The first-order valence-electron chi connectivity index (χ1n) is 8.30. The summed E-state index contributed by atoms with van der Waals surface area (Å²) in [6, 6.07) is 0. The zero-order valence-corrected chi connectivity index (χ0v) is 15.6. The molecule has 0 unspecified atom stereocenters. The Labute approximate surface area is 136 Å². The molecule has 0 atom stereocenters. The molecule has 0 spiro atoms. The van der Waals surface area contributed by atoms with Crippen molar-refractivity contribution in [3.63, 3.8) is 0 Å². The molecule has 0 bridgehead atoms. The van der Waals surface area contributed by atoms with Crippen LogP contribution in [0.1, 0.15) is 67.2 Å². The molecule has 0 aromatic carbocycles. The molecular formula is C17H34N2OS. The van der Waals surface area contributed by atoms with Gasteiger partial charge >= 0.3 is 0 Å². The summed E-state index contributed by atoms with van der Waals surface area (Å²) >= 11 is 5.22. The highest BCUT2D eigenvalue weighted by atomic mass is 32.1. The first kappa shape index (κ1) is 20.4. The predicted octanol–water partition coefficient (Wildman–Crippen LogP) is 4.00. The van der Waals surface area contributed by atoms with Gasteiger partial charge in [0.05, 0.1) is 10.4 Å². The minimum Gasteiger partial charge on any atom is -0.392 e. The van der Waals surface area contributed by atoms with E-state index in [2.05, 4.69) is 27.7 Å². The fourth-order valence-electron chi connectivity index (χ4n) is 2.45. The third kappa shape index (κ3) is 5.93. The normalized spacial score (nSPS) is 12.0. The van der Waals surface area contributed by atoms with E-state index in [9.17, 15) is 4.79 Å². The number of thiocarbonyl (C=S) groups is 1. The highest BCUT2D eigenvalue weighted by Crippen LogP contribution is 2.30. The first-order valence-corrected chi connectivity index (χ1v) is 8.71. The van der Waals surface area contributed by atoms with E-state index in [1.165, 1.54) is 0 Å². The first-order chi connectivity index (χ1) is 9.71. The minimum absolute atomic E-state index is 0.126. The molecule has 3 nitrogen and oxygen atoms in total. The van der Waals surface area contributed by atoms with Crippen molar-refractivity contribution in [1.82, 2.24) is 4.90 Å². The van der Waals surface area contributed by atoms with Crippen LogP contribution in [0.4, 0.5) is 0 Å². The summed E-state index contributed by atoms with van der Waals surface area (Å²) in [5.41, 5.74) is 5.26. The van der Waals surface area contributed by atoms with Gasteiger partial charge in [0.15, 0.2) is 0 Å². The quantitative estimate of drug-likeness (QED) is 0.620. The SMILES string of the molecule is CCC(CC)(C(=O)N(CCC(C)C)CCC(C)C)C(N)=S. The van der Waals surface area contributed by atoms with Gasteiger partial charge in [0, 0.05) is 13.1 Å². The molecule has 21 heavy (non-hydrogen) atoms.